The van der Waals surface area contributed by atoms with E-state index in [0.29, 0.717) is 0 Å². The van der Waals surface area contributed by atoms with Gasteiger partial charge < -0.3 is 4.31 Å². The predicted octanol–water partition coefficient (Wildman–Crippen LogP) is 2.25. The third-order valence-corrected chi connectivity index (χ3v) is 2.11. The molecule has 1 aliphatic carbocycles. The molecule has 0 saturated heterocycles. The van der Waals surface area contributed by atoms with Crippen LogP contribution in [-0.2, 0) is 0 Å². The van der Waals surface area contributed by atoms with Crippen LogP contribution in [0.5, 0.6) is 0 Å². The highest BCUT2D eigenvalue weighted by molar-refractivity contribution is 7.84. The molecule has 3 heteroatoms. The first kappa shape index (κ1) is 8.08. The molecule has 0 spiro atoms. The molecule has 1 rings (SSSR count). The van der Waals surface area contributed by atoms with Crippen molar-refractivity contribution >= 4 is 25.4 Å². The molecule has 1 aliphatic rings. The van der Waals surface area contributed by atoms with Gasteiger partial charge in [0.1, 0.15) is 0 Å². The molecule has 56 valence electrons. The van der Waals surface area contributed by atoms with Crippen molar-refractivity contribution < 1.29 is 0 Å². The number of thiol groups is 2. The Labute approximate surface area is 72.7 Å². The largest absolute Gasteiger partial charge is 0.325 e. The second-order valence-corrected chi connectivity index (χ2v) is 3.64. The average molecular weight is 173 g/mol. The second kappa shape index (κ2) is 2.93. The van der Waals surface area contributed by atoms with Gasteiger partial charge >= 0.3 is 0 Å². The van der Waals surface area contributed by atoms with E-state index in [1.807, 2.05) is 11.4 Å². The molecule has 0 saturated carbocycles. The van der Waals surface area contributed by atoms with E-state index in [2.05, 4.69) is 38.4 Å². The van der Waals surface area contributed by atoms with Crippen molar-refractivity contribution in [1.29, 1.82) is 0 Å². The van der Waals surface area contributed by atoms with E-state index in [1.165, 1.54) is 11.3 Å². The Balaban J connectivity index is 2.76. The number of nitrogens with zero attached hydrogens (tertiary/aromatic N) is 1. The van der Waals surface area contributed by atoms with Crippen LogP contribution < -0.4 is 0 Å². The Kier molecular flexibility index (Phi) is 2.36. The Morgan fingerprint density at radius 3 is 2.40 bits per heavy atom. The van der Waals surface area contributed by atoms with Gasteiger partial charge in [-0.15, -0.1) is 12.6 Å². The van der Waals surface area contributed by atoms with Crippen LogP contribution in [0, 0.1) is 0 Å². The zero-order valence-electron chi connectivity index (χ0n) is 6.13. The summed E-state index contributed by atoms with van der Waals surface area (Å²) >= 11 is 8.47. The molecule has 1 nitrogen and oxygen atoms in total. The average Bonchev–Trinajstić information content (AvgIpc) is 2.10. The smallest absolute Gasteiger partial charge is 0.0314 e. The van der Waals surface area contributed by atoms with Gasteiger partial charge in [0.2, 0.25) is 0 Å². The zero-order valence-corrected chi connectivity index (χ0v) is 7.91. The van der Waals surface area contributed by atoms with Gasteiger partial charge in [0, 0.05) is 19.2 Å². The number of hydrogen-bond donors (Lipinski definition) is 2. The Bertz CT molecular complexity index is 204. The van der Waals surface area contributed by atoms with Crippen LogP contribution in [0.3, 0.4) is 0 Å². The van der Waals surface area contributed by atoms with Crippen molar-refractivity contribution in [2.24, 2.45) is 0 Å². The van der Waals surface area contributed by atoms with Crippen LogP contribution in [0.2, 0.25) is 0 Å². The fourth-order valence-electron chi connectivity index (χ4n) is 1.06. The van der Waals surface area contributed by atoms with Gasteiger partial charge in [0.05, 0.1) is 0 Å². The maximum absolute atomic E-state index is 4.26. The van der Waals surface area contributed by atoms with Gasteiger partial charge in [0.15, 0.2) is 0 Å². The molecule has 10 heavy (non-hydrogen) atoms. The van der Waals surface area contributed by atoms with E-state index >= 15 is 0 Å². The van der Waals surface area contributed by atoms with E-state index in [-0.39, 0.29) is 0 Å². The molecule has 0 aromatic heterocycles. The predicted molar refractivity (Wildman–Crippen MR) is 51.1 cm³/mol. The highest BCUT2D eigenvalue weighted by Gasteiger charge is 2.11. The van der Waals surface area contributed by atoms with Crippen molar-refractivity contribution in [3.05, 3.63) is 22.3 Å². The van der Waals surface area contributed by atoms with E-state index in [9.17, 15) is 0 Å². The first-order valence-corrected chi connectivity index (χ1v) is 3.98. The molecule has 0 heterocycles. The lowest BCUT2D eigenvalue weighted by molar-refractivity contribution is 0.687. The lowest BCUT2D eigenvalue weighted by Crippen LogP contribution is -2.03. The van der Waals surface area contributed by atoms with Crippen molar-refractivity contribution in [2.45, 2.75) is 13.3 Å². The molecule has 0 bridgehead atoms. The normalized spacial score (nSPS) is 17.8. The van der Waals surface area contributed by atoms with Crippen molar-refractivity contribution in [3.63, 3.8) is 0 Å². The first-order valence-electron chi connectivity index (χ1n) is 3.13. The summed E-state index contributed by atoms with van der Waals surface area (Å²) in [7, 11) is 1.93. The molecule has 0 fully saturated rings. The fourth-order valence-corrected chi connectivity index (χ4v) is 1.64. The van der Waals surface area contributed by atoms with Gasteiger partial charge in [-0.2, -0.15) is 0 Å². The molecule has 0 N–H and O–H groups in total. The molecule has 0 aromatic rings. The summed E-state index contributed by atoms with van der Waals surface area (Å²) in [5.74, 6) is 0. The molecular formula is C7H11NS2. The minimum atomic E-state index is 0.926. The molecule has 0 atom stereocenters. The topological polar surface area (TPSA) is 3.24 Å². The third-order valence-electron chi connectivity index (χ3n) is 1.58. The minimum absolute atomic E-state index is 0.926. The number of allylic oxidation sites excluding steroid dienone is 3. The van der Waals surface area contributed by atoms with Crippen molar-refractivity contribution in [1.82, 2.24) is 4.31 Å². The maximum atomic E-state index is 4.26. The van der Waals surface area contributed by atoms with Crippen LogP contribution >= 0.6 is 25.4 Å². The van der Waals surface area contributed by atoms with E-state index in [4.69, 9.17) is 0 Å². The maximum Gasteiger partial charge on any atom is 0.0314 e. The summed E-state index contributed by atoms with van der Waals surface area (Å²) in [5, 5.41) is 0. The highest BCUT2D eigenvalue weighted by Crippen LogP contribution is 2.29. The van der Waals surface area contributed by atoms with Gasteiger partial charge in [-0.3, -0.25) is 0 Å². The number of hydrogen-bond acceptors (Lipinski definition) is 3. The van der Waals surface area contributed by atoms with Gasteiger partial charge in [-0.05, 0) is 23.5 Å². The highest BCUT2D eigenvalue weighted by atomic mass is 32.1. The monoisotopic (exact) mass is 173 g/mol. The van der Waals surface area contributed by atoms with Crippen LogP contribution in [0.25, 0.3) is 0 Å². The zero-order chi connectivity index (χ0) is 7.72. The van der Waals surface area contributed by atoms with Crippen LogP contribution in [0.1, 0.15) is 13.3 Å². The van der Waals surface area contributed by atoms with E-state index < -0.39 is 0 Å². The van der Waals surface area contributed by atoms with E-state index in [0.717, 1.165) is 11.3 Å². The summed E-state index contributed by atoms with van der Waals surface area (Å²) in [6.07, 6.45) is 3.00. The molecule has 0 aromatic carbocycles. The molecule has 0 aliphatic heterocycles. The fraction of sp³-hybridized carbons (Fsp3) is 0.429. The third kappa shape index (κ3) is 1.52. The molecular weight excluding hydrogens is 162 g/mol. The van der Waals surface area contributed by atoms with Gasteiger partial charge in [0.25, 0.3) is 0 Å². The van der Waals surface area contributed by atoms with Crippen molar-refractivity contribution in [2.75, 3.05) is 7.05 Å². The molecule has 0 amide bonds. The Hall–Kier alpha value is -0.0200. The second-order valence-electron chi connectivity index (χ2n) is 2.47. The summed E-state index contributed by atoms with van der Waals surface area (Å²) in [4.78, 5) is 1.12. The molecule has 0 unspecified atom stereocenters. The van der Waals surface area contributed by atoms with Crippen LogP contribution in [0.4, 0.5) is 0 Å². The SMILES string of the molecule is CC1=C(N(C)S)CC(S)=C1. The molecule has 0 radical (unpaired) electrons. The first-order chi connectivity index (χ1) is 4.61. The summed E-state index contributed by atoms with van der Waals surface area (Å²) in [5.41, 5.74) is 2.51. The summed E-state index contributed by atoms with van der Waals surface area (Å²) in [6.45, 7) is 2.07. The Morgan fingerprint density at radius 1 is 1.60 bits per heavy atom. The van der Waals surface area contributed by atoms with E-state index in [1.54, 1.807) is 0 Å². The lowest BCUT2D eigenvalue weighted by atomic mass is 10.3. The van der Waals surface area contributed by atoms with Crippen LogP contribution in [-0.4, -0.2) is 11.4 Å². The minimum Gasteiger partial charge on any atom is -0.325 e. The Morgan fingerprint density at radius 2 is 2.20 bits per heavy atom. The summed E-state index contributed by atoms with van der Waals surface area (Å²) in [6, 6.07) is 0. The summed E-state index contributed by atoms with van der Waals surface area (Å²) < 4.78 is 1.84. The number of rotatable bonds is 1. The van der Waals surface area contributed by atoms with Crippen LogP contribution in [0.15, 0.2) is 22.3 Å². The quantitative estimate of drug-likeness (QED) is 0.575. The standard InChI is InChI=1S/C7H11NS2/c1-5-3-6(9)4-7(5)8(2)10/h3,9-10H,4H2,1-2H3. The van der Waals surface area contributed by atoms with Gasteiger partial charge in [-0.1, -0.05) is 12.8 Å². The lowest BCUT2D eigenvalue weighted by Gasteiger charge is -2.13. The van der Waals surface area contributed by atoms with Gasteiger partial charge in [-0.25, -0.2) is 0 Å². The van der Waals surface area contributed by atoms with Crippen molar-refractivity contribution in [3.8, 4) is 0 Å².